The summed E-state index contributed by atoms with van der Waals surface area (Å²) >= 11 is 0. The van der Waals surface area contributed by atoms with Crippen LogP contribution in [0.15, 0.2) is 30.3 Å². The number of rotatable bonds is 2. The van der Waals surface area contributed by atoms with Gasteiger partial charge in [-0.15, -0.1) is 0 Å². The van der Waals surface area contributed by atoms with E-state index in [1.807, 2.05) is 30.3 Å². The second kappa shape index (κ2) is 5.01. The van der Waals surface area contributed by atoms with Crippen LogP contribution in [0.4, 0.5) is 0 Å². The highest BCUT2D eigenvalue weighted by Gasteiger charge is 2.42. The standard InChI is InChI=1S/C14H17N3O2/c18-13-12-9-15-6-7-17(12)14(19)11(16-13)8-10-4-2-1-3-5-10/h1-5,11-12,15H,6-9H2,(H,16,18)/p+1/t11-,12+/m1/s1. The number of fused-ring (bicyclic) bond motifs is 1. The summed E-state index contributed by atoms with van der Waals surface area (Å²) in [5.41, 5.74) is 1.07. The van der Waals surface area contributed by atoms with Gasteiger partial charge in [0.05, 0.1) is 13.1 Å². The molecule has 2 saturated heterocycles. The van der Waals surface area contributed by atoms with Gasteiger partial charge in [-0.25, -0.2) is 0 Å². The molecule has 5 heteroatoms. The predicted octanol–water partition coefficient (Wildman–Crippen LogP) is -1.50. The van der Waals surface area contributed by atoms with E-state index in [1.165, 1.54) is 0 Å². The Balaban J connectivity index is 1.76. The molecule has 100 valence electrons. The van der Waals surface area contributed by atoms with E-state index in [9.17, 15) is 9.59 Å². The molecule has 2 aliphatic heterocycles. The monoisotopic (exact) mass is 260 g/mol. The highest BCUT2D eigenvalue weighted by molar-refractivity contribution is 5.97. The quantitative estimate of drug-likeness (QED) is 0.680. The molecule has 1 aromatic rings. The van der Waals surface area contributed by atoms with Gasteiger partial charge in [-0.3, -0.25) is 9.59 Å². The van der Waals surface area contributed by atoms with E-state index in [4.69, 9.17) is 0 Å². The SMILES string of the molecule is O=C1N[C@H](Cc2ccccc2)C(=O)N2CC[NH2+]C[C@@H]12. The van der Waals surface area contributed by atoms with E-state index in [1.54, 1.807) is 4.90 Å². The highest BCUT2D eigenvalue weighted by atomic mass is 16.2. The van der Waals surface area contributed by atoms with Gasteiger partial charge in [0, 0.05) is 6.42 Å². The molecule has 2 aliphatic rings. The van der Waals surface area contributed by atoms with Gasteiger partial charge in [0.1, 0.15) is 12.6 Å². The third kappa shape index (κ3) is 2.33. The number of nitrogens with two attached hydrogens (primary N) is 1. The van der Waals surface area contributed by atoms with E-state index in [-0.39, 0.29) is 17.9 Å². The number of carbonyl (C=O) groups is 2. The van der Waals surface area contributed by atoms with Crippen LogP contribution in [-0.2, 0) is 16.0 Å². The summed E-state index contributed by atoms with van der Waals surface area (Å²) in [6, 6.07) is 9.11. The zero-order valence-electron chi connectivity index (χ0n) is 10.7. The predicted molar refractivity (Wildman–Crippen MR) is 69.2 cm³/mol. The first-order valence-corrected chi connectivity index (χ1v) is 6.72. The highest BCUT2D eigenvalue weighted by Crippen LogP contribution is 2.13. The van der Waals surface area contributed by atoms with Gasteiger partial charge in [0.2, 0.25) is 11.8 Å². The molecule has 0 unspecified atom stereocenters. The van der Waals surface area contributed by atoms with Crippen molar-refractivity contribution in [3.63, 3.8) is 0 Å². The number of quaternary nitrogens is 1. The van der Waals surface area contributed by atoms with Crippen LogP contribution in [0.3, 0.4) is 0 Å². The molecule has 0 saturated carbocycles. The molecule has 19 heavy (non-hydrogen) atoms. The Morgan fingerprint density at radius 3 is 2.84 bits per heavy atom. The number of nitrogens with one attached hydrogen (secondary N) is 1. The van der Waals surface area contributed by atoms with Crippen LogP contribution in [0.25, 0.3) is 0 Å². The molecule has 0 aromatic heterocycles. The van der Waals surface area contributed by atoms with Crippen LogP contribution in [0, 0.1) is 0 Å². The fourth-order valence-electron chi connectivity index (χ4n) is 2.82. The summed E-state index contributed by atoms with van der Waals surface area (Å²) in [5.74, 6) is 0.0398. The third-order valence-electron chi connectivity index (χ3n) is 3.82. The Hall–Kier alpha value is -1.88. The molecule has 3 N–H and O–H groups in total. The Labute approximate surface area is 112 Å². The van der Waals surface area contributed by atoms with Crippen molar-refractivity contribution in [3.8, 4) is 0 Å². The molecule has 2 fully saturated rings. The zero-order valence-corrected chi connectivity index (χ0v) is 10.7. The van der Waals surface area contributed by atoms with Crippen LogP contribution in [0.2, 0.25) is 0 Å². The van der Waals surface area contributed by atoms with Gasteiger partial charge in [-0.2, -0.15) is 0 Å². The van der Waals surface area contributed by atoms with Crippen molar-refractivity contribution in [1.82, 2.24) is 10.2 Å². The maximum atomic E-state index is 12.4. The number of carbonyl (C=O) groups excluding carboxylic acids is 2. The molecular formula is C14H18N3O2+. The summed E-state index contributed by atoms with van der Waals surface area (Å²) in [5, 5.41) is 4.95. The fourth-order valence-corrected chi connectivity index (χ4v) is 2.82. The molecule has 0 bridgehead atoms. The third-order valence-corrected chi connectivity index (χ3v) is 3.82. The van der Waals surface area contributed by atoms with Crippen LogP contribution in [-0.4, -0.2) is 48.4 Å². The minimum absolute atomic E-state index is 0.0171. The van der Waals surface area contributed by atoms with Crippen LogP contribution in [0.1, 0.15) is 5.56 Å². The minimum Gasteiger partial charge on any atom is -0.343 e. The lowest BCUT2D eigenvalue weighted by molar-refractivity contribution is -0.665. The minimum atomic E-state index is -0.413. The van der Waals surface area contributed by atoms with Crippen molar-refractivity contribution < 1.29 is 14.9 Å². The molecule has 0 spiro atoms. The summed E-state index contributed by atoms with van der Waals surface area (Å²) in [4.78, 5) is 26.2. The summed E-state index contributed by atoms with van der Waals surface area (Å²) in [6.45, 7) is 2.23. The van der Waals surface area contributed by atoms with Gasteiger partial charge >= 0.3 is 0 Å². The Kier molecular flexibility index (Phi) is 3.21. The van der Waals surface area contributed by atoms with Gasteiger partial charge < -0.3 is 15.5 Å². The van der Waals surface area contributed by atoms with E-state index in [0.717, 1.165) is 12.1 Å². The molecule has 0 aliphatic carbocycles. The molecular weight excluding hydrogens is 242 g/mol. The Bertz CT molecular complexity index is 489. The lowest BCUT2D eigenvalue weighted by Crippen LogP contribution is -2.94. The lowest BCUT2D eigenvalue weighted by Gasteiger charge is -2.40. The van der Waals surface area contributed by atoms with Gasteiger partial charge in [0.15, 0.2) is 6.04 Å². The maximum Gasteiger partial charge on any atom is 0.249 e. The van der Waals surface area contributed by atoms with Crippen molar-refractivity contribution in [2.45, 2.75) is 18.5 Å². The lowest BCUT2D eigenvalue weighted by atomic mass is 9.99. The van der Waals surface area contributed by atoms with Crippen LogP contribution in [0.5, 0.6) is 0 Å². The number of benzene rings is 1. The summed E-state index contributed by atoms with van der Waals surface area (Å²) in [6.07, 6.45) is 0.568. The van der Waals surface area contributed by atoms with Gasteiger partial charge in [-0.05, 0) is 5.56 Å². The summed E-state index contributed by atoms with van der Waals surface area (Å²) in [7, 11) is 0. The number of hydrogen-bond donors (Lipinski definition) is 2. The van der Waals surface area contributed by atoms with Crippen molar-refractivity contribution in [2.24, 2.45) is 0 Å². The average Bonchev–Trinajstić information content (AvgIpc) is 2.46. The van der Waals surface area contributed by atoms with Gasteiger partial charge in [0.25, 0.3) is 0 Å². The number of nitrogens with zero attached hydrogens (tertiary/aromatic N) is 1. The largest absolute Gasteiger partial charge is 0.343 e. The second-order valence-electron chi connectivity index (χ2n) is 5.11. The zero-order chi connectivity index (χ0) is 13.2. The van der Waals surface area contributed by atoms with E-state index >= 15 is 0 Å². The molecule has 2 atom stereocenters. The Morgan fingerprint density at radius 2 is 2.05 bits per heavy atom. The smallest absolute Gasteiger partial charge is 0.249 e. The van der Waals surface area contributed by atoms with Gasteiger partial charge in [-0.1, -0.05) is 30.3 Å². The summed E-state index contributed by atoms with van der Waals surface area (Å²) < 4.78 is 0. The molecule has 5 nitrogen and oxygen atoms in total. The molecule has 2 heterocycles. The fraction of sp³-hybridized carbons (Fsp3) is 0.429. The first kappa shape index (κ1) is 12.2. The first-order chi connectivity index (χ1) is 9.25. The van der Waals surface area contributed by atoms with Crippen LogP contribution >= 0.6 is 0 Å². The average molecular weight is 260 g/mol. The van der Waals surface area contributed by atoms with Crippen molar-refractivity contribution in [1.29, 1.82) is 0 Å². The topological polar surface area (TPSA) is 66.0 Å². The van der Waals surface area contributed by atoms with Crippen molar-refractivity contribution in [3.05, 3.63) is 35.9 Å². The van der Waals surface area contributed by atoms with Crippen molar-refractivity contribution >= 4 is 11.8 Å². The van der Waals surface area contributed by atoms with Crippen LogP contribution < -0.4 is 10.6 Å². The Morgan fingerprint density at radius 1 is 1.26 bits per heavy atom. The van der Waals surface area contributed by atoms with E-state index in [2.05, 4.69) is 10.6 Å². The molecule has 3 rings (SSSR count). The molecule has 2 amide bonds. The molecule has 1 aromatic carbocycles. The second-order valence-corrected chi connectivity index (χ2v) is 5.11. The number of hydrogen-bond acceptors (Lipinski definition) is 2. The van der Waals surface area contributed by atoms with E-state index < -0.39 is 6.04 Å². The molecule has 0 radical (unpaired) electrons. The number of amides is 2. The van der Waals surface area contributed by atoms with E-state index in [0.29, 0.717) is 19.5 Å². The number of piperazine rings is 2. The van der Waals surface area contributed by atoms with Crippen molar-refractivity contribution in [2.75, 3.05) is 19.6 Å². The first-order valence-electron chi connectivity index (χ1n) is 6.72. The maximum absolute atomic E-state index is 12.4. The normalized spacial score (nSPS) is 26.8.